The van der Waals surface area contributed by atoms with Crippen molar-refractivity contribution in [2.45, 2.75) is 58.8 Å². The van der Waals surface area contributed by atoms with E-state index in [1.165, 1.54) is 11.3 Å². The number of aromatic nitrogens is 2. The first-order chi connectivity index (χ1) is 20.5. The van der Waals surface area contributed by atoms with Crippen LogP contribution in [0.1, 0.15) is 46.5 Å². The zero-order chi connectivity index (χ0) is 30.1. The van der Waals surface area contributed by atoms with Crippen molar-refractivity contribution in [2.24, 2.45) is 12.5 Å². The minimum absolute atomic E-state index is 0.130. The maximum absolute atomic E-state index is 16.4. The summed E-state index contributed by atoms with van der Waals surface area (Å²) in [4.78, 5) is 16.9. The molecule has 12 heteroatoms. The number of carbonyl (C=O) groups is 1. The Morgan fingerprint density at radius 1 is 1.14 bits per heavy atom. The molecule has 4 heterocycles. The fourth-order valence-corrected chi connectivity index (χ4v) is 8.58. The lowest BCUT2D eigenvalue weighted by atomic mass is 9.60. The first-order valence-corrected chi connectivity index (χ1v) is 16.3. The summed E-state index contributed by atoms with van der Waals surface area (Å²) in [5.74, 6) is -1.20. The van der Waals surface area contributed by atoms with Crippen LogP contribution in [0.25, 0.3) is 0 Å². The molecule has 1 N–H and O–H groups in total. The van der Waals surface area contributed by atoms with Gasteiger partial charge in [0.05, 0.1) is 5.69 Å². The number of hydrogen-bond donors (Lipinski definition) is 1. The van der Waals surface area contributed by atoms with Crippen LogP contribution in [0.4, 0.5) is 10.1 Å². The highest BCUT2D eigenvalue weighted by Crippen LogP contribution is 2.52. The SMILES string of the molecule is Cc1nn(C)c(C)c1CN1CC2(CC(N3CCc4cc(OCc5ccccc5)c(N5CC(=O)NS5(=O)=O)c(F)c4C3)C2)C1. The molecule has 0 unspecified atom stereocenters. The zero-order valence-corrected chi connectivity index (χ0v) is 25.6. The monoisotopic (exact) mass is 608 g/mol. The molecule has 1 aliphatic carbocycles. The molecule has 228 valence electrons. The van der Waals surface area contributed by atoms with Gasteiger partial charge in [-0.3, -0.25) is 19.3 Å². The first-order valence-electron chi connectivity index (χ1n) is 14.8. The van der Waals surface area contributed by atoms with E-state index in [-0.39, 0.29) is 18.0 Å². The van der Waals surface area contributed by atoms with E-state index in [4.69, 9.17) is 4.74 Å². The Hall–Kier alpha value is -3.48. The van der Waals surface area contributed by atoms with E-state index in [1.54, 1.807) is 6.07 Å². The fourth-order valence-electron chi connectivity index (χ4n) is 7.42. The summed E-state index contributed by atoms with van der Waals surface area (Å²) in [6, 6.07) is 11.6. The normalized spacial score (nSPS) is 21.4. The Labute approximate surface area is 251 Å². The van der Waals surface area contributed by atoms with E-state index in [1.807, 2.05) is 46.8 Å². The Morgan fingerprint density at radius 3 is 2.53 bits per heavy atom. The molecule has 3 aliphatic heterocycles. The molecule has 3 fully saturated rings. The van der Waals surface area contributed by atoms with Crippen LogP contribution in [0.2, 0.25) is 0 Å². The van der Waals surface area contributed by atoms with Crippen molar-refractivity contribution in [3.63, 3.8) is 0 Å². The van der Waals surface area contributed by atoms with Crippen LogP contribution in [0, 0.1) is 25.1 Å². The third kappa shape index (κ3) is 4.98. The van der Waals surface area contributed by atoms with Crippen LogP contribution in [0.3, 0.4) is 0 Å². The molecule has 1 saturated carbocycles. The summed E-state index contributed by atoms with van der Waals surface area (Å²) in [6.45, 7) is 8.13. The van der Waals surface area contributed by atoms with Gasteiger partial charge in [-0.1, -0.05) is 30.3 Å². The number of aryl methyl sites for hydroxylation is 2. The molecule has 7 rings (SSSR count). The van der Waals surface area contributed by atoms with Crippen molar-refractivity contribution in [2.75, 3.05) is 30.5 Å². The number of fused-ring (bicyclic) bond motifs is 1. The summed E-state index contributed by atoms with van der Waals surface area (Å²) in [5.41, 5.74) is 5.93. The van der Waals surface area contributed by atoms with Gasteiger partial charge < -0.3 is 4.74 Å². The number of ether oxygens (including phenoxy) is 1. The van der Waals surface area contributed by atoms with Gasteiger partial charge in [0.25, 0.3) is 5.91 Å². The largest absolute Gasteiger partial charge is 0.487 e. The van der Waals surface area contributed by atoms with Gasteiger partial charge in [-0.25, -0.2) is 13.4 Å². The summed E-state index contributed by atoms with van der Waals surface area (Å²) < 4.78 is 52.7. The number of hydrogen-bond acceptors (Lipinski definition) is 7. The minimum atomic E-state index is -4.22. The summed E-state index contributed by atoms with van der Waals surface area (Å²) in [7, 11) is -2.23. The molecule has 2 saturated heterocycles. The number of rotatable bonds is 7. The van der Waals surface area contributed by atoms with E-state index in [9.17, 15) is 13.2 Å². The highest BCUT2D eigenvalue weighted by Gasteiger charge is 2.54. The van der Waals surface area contributed by atoms with Crippen LogP contribution in [0.5, 0.6) is 5.75 Å². The summed E-state index contributed by atoms with van der Waals surface area (Å²) >= 11 is 0. The van der Waals surface area contributed by atoms with Crippen LogP contribution in [-0.2, 0) is 48.2 Å². The van der Waals surface area contributed by atoms with Gasteiger partial charge in [-0.05, 0) is 55.7 Å². The average Bonchev–Trinajstić information content (AvgIpc) is 3.34. The third-order valence-electron chi connectivity index (χ3n) is 9.75. The van der Waals surface area contributed by atoms with Crippen molar-refractivity contribution in [1.82, 2.24) is 24.3 Å². The van der Waals surface area contributed by atoms with Crippen molar-refractivity contribution in [1.29, 1.82) is 0 Å². The number of anilines is 1. The Bertz CT molecular complexity index is 1690. The highest BCUT2D eigenvalue weighted by molar-refractivity contribution is 7.92. The van der Waals surface area contributed by atoms with E-state index in [0.717, 1.165) is 60.1 Å². The summed E-state index contributed by atoms with van der Waals surface area (Å²) in [6.07, 6.45) is 2.80. The molecule has 4 aliphatic rings. The predicted molar refractivity (Wildman–Crippen MR) is 159 cm³/mol. The third-order valence-corrected chi connectivity index (χ3v) is 11.1. The lowest BCUT2D eigenvalue weighted by Gasteiger charge is -2.61. The topological polar surface area (TPSA) is 100 Å². The Morgan fingerprint density at radius 2 is 1.88 bits per heavy atom. The number of carbonyl (C=O) groups excluding carboxylic acids is 1. The molecule has 0 bridgehead atoms. The predicted octanol–water partition coefficient (Wildman–Crippen LogP) is 2.96. The van der Waals surface area contributed by atoms with Crippen molar-refractivity contribution in [3.8, 4) is 5.75 Å². The number of halogens is 1. The van der Waals surface area contributed by atoms with Crippen molar-refractivity contribution in [3.05, 3.63) is 75.9 Å². The van der Waals surface area contributed by atoms with E-state index in [2.05, 4.69) is 28.7 Å². The van der Waals surface area contributed by atoms with Gasteiger partial charge in [-0.15, -0.1) is 0 Å². The van der Waals surface area contributed by atoms with Crippen molar-refractivity contribution >= 4 is 21.8 Å². The zero-order valence-electron chi connectivity index (χ0n) is 24.8. The second-order valence-corrected chi connectivity index (χ2v) is 14.3. The van der Waals surface area contributed by atoms with Crippen LogP contribution in [-0.4, -0.2) is 66.1 Å². The number of nitrogens with zero attached hydrogens (tertiary/aromatic N) is 5. The van der Waals surface area contributed by atoms with Gasteiger partial charge in [0.15, 0.2) is 5.82 Å². The number of likely N-dealkylation sites (tertiary alicyclic amines) is 1. The quantitative estimate of drug-likeness (QED) is 0.440. The maximum atomic E-state index is 16.4. The molecule has 0 atom stereocenters. The second kappa shape index (κ2) is 10.3. The summed E-state index contributed by atoms with van der Waals surface area (Å²) in [5, 5.41) is 4.55. The highest BCUT2D eigenvalue weighted by atomic mass is 32.2. The van der Waals surface area contributed by atoms with Gasteiger partial charge >= 0.3 is 10.2 Å². The number of nitrogens with one attached hydrogen (secondary N) is 1. The molecular formula is C31H37FN6O4S. The maximum Gasteiger partial charge on any atom is 0.326 e. The van der Waals surface area contributed by atoms with Crippen LogP contribution in [0.15, 0.2) is 36.4 Å². The standard InChI is InChI=1S/C31H37FN6O4S/c1-20-25(21(2)35(3)33-20)14-36-18-31(19-36)12-24(13-31)37-10-9-23-11-27(42-17-22-7-5-4-6-8-22)30(29(32)26(23)15-37)38-16-28(39)34-43(38,40)41/h4-8,11,24H,9-10,12-19H2,1-3H3,(H,34,39). The van der Waals surface area contributed by atoms with Crippen LogP contribution < -0.4 is 13.8 Å². The lowest BCUT2D eigenvalue weighted by Crippen LogP contribution is -2.66. The Kier molecular flexibility index (Phi) is 6.79. The molecular weight excluding hydrogens is 571 g/mol. The number of amides is 1. The average molecular weight is 609 g/mol. The molecule has 1 aromatic heterocycles. The lowest BCUT2D eigenvalue weighted by molar-refractivity contribution is -0.117. The van der Waals surface area contributed by atoms with Gasteiger partial charge in [0, 0.05) is 62.6 Å². The molecule has 0 radical (unpaired) electrons. The van der Waals surface area contributed by atoms with Gasteiger partial charge in [0.1, 0.15) is 24.6 Å². The van der Waals surface area contributed by atoms with E-state index < -0.39 is 28.5 Å². The van der Waals surface area contributed by atoms with E-state index in [0.29, 0.717) is 30.0 Å². The van der Waals surface area contributed by atoms with Gasteiger partial charge in [-0.2, -0.15) is 13.5 Å². The van der Waals surface area contributed by atoms with Crippen LogP contribution >= 0.6 is 0 Å². The molecule has 1 amide bonds. The number of benzene rings is 2. The van der Waals surface area contributed by atoms with E-state index >= 15 is 4.39 Å². The molecule has 10 nitrogen and oxygen atoms in total. The first kappa shape index (κ1) is 28.3. The fraction of sp³-hybridized carbons (Fsp3) is 0.484. The minimum Gasteiger partial charge on any atom is -0.487 e. The molecule has 1 spiro atoms. The van der Waals surface area contributed by atoms with Gasteiger partial charge in [0.2, 0.25) is 0 Å². The molecule has 2 aromatic carbocycles. The smallest absolute Gasteiger partial charge is 0.326 e. The molecule has 3 aromatic rings. The van der Waals surface area contributed by atoms with Crippen molar-refractivity contribution < 1.29 is 22.3 Å². The second-order valence-electron chi connectivity index (χ2n) is 12.7. The molecule has 43 heavy (non-hydrogen) atoms. The Balaban J connectivity index is 1.07.